The first kappa shape index (κ1) is 19.7. The molecule has 0 aliphatic carbocycles. The van der Waals surface area contributed by atoms with Crippen molar-refractivity contribution in [1.29, 1.82) is 0 Å². The number of piperidine rings is 1. The molecule has 1 aliphatic rings. The van der Waals surface area contributed by atoms with Gasteiger partial charge in [-0.05, 0) is 49.1 Å². The van der Waals surface area contributed by atoms with Crippen LogP contribution in [0.2, 0.25) is 0 Å². The normalized spacial score (nSPS) is 14.5. The van der Waals surface area contributed by atoms with Gasteiger partial charge in [-0.2, -0.15) is 0 Å². The zero-order valence-electron chi connectivity index (χ0n) is 16.0. The zero-order valence-corrected chi connectivity index (χ0v) is 16.0. The van der Waals surface area contributed by atoms with Crippen LogP contribution in [0.1, 0.15) is 18.4 Å². The number of nitrogen functional groups attached to an aromatic ring is 1. The van der Waals surface area contributed by atoms with Crippen LogP contribution in [0.3, 0.4) is 0 Å². The van der Waals surface area contributed by atoms with Crippen molar-refractivity contribution in [1.82, 2.24) is 10.2 Å². The summed E-state index contributed by atoms with van der Waals surface area (Å²) < 4.78 is 5.52. The second-order valence-electron chi connectivity index (χ2n) is 7.04. The van der Waals surface area contributed by atoms with Crippen molar-refractivity contribution in [2.45, 2.75) is 19.3 Å². The highest BCUT2D eigenvalue weighted by atomic mass is 16.5. The Morgan fingerprint density at radius 1 is 1.04 bits per heavy atom. The second-order valence-corrected chi connectivity index (χ2v) is 7.04. The number of hydrogen-bond acceptors (Lipinski definition) is 4. The van der Waals surface area contributed by atoms with E-state index in [4.69, 9.17) is 10.5 Å². The maximum absolute atomic E-state index is 12.4. The maximum atomic E-state index is 12.4. The number of nitrogens with zero attached hydrogens (tertiary/aromatic N) is 1. The van der Waals surface area contributed by atoms with E-state index in [2.05, 4.69) is 5.32 Å². The van der Waals surface area contributed by atoms with E-state index in [0.717, 1.165) is 17.7 Å². The number of anilines is 1. The maximum Gasteiger partial charge on any atom is 0.260 e. The predicted octanol–water partition coefficient (Wildman–Crippen LogP) is 2.25. The molecule has 6 heteroatoms. The number of nitrogens with two attached hydrogens (primary N) is 1. The van der Waals surface area contributed by atoms with Crippen molar-refractivity contribution >= 4 is 17.5 Å². The first-order chi connectivity index (χ1) is 13.6. The predicted molar refractivity (Wildman–Crippen MR) is 109 cm³/mol. The molecular formula is C22H27N3O3. The topological polar surface area (TPSA) is 84.7 Å². The molecule has 2 aromatic rings. The molecule has 3 rings (SSSR count). The Morgan fingerprint density at radius 3 is 2.39 bits per heavy atom. The van der Waals surface area contributed by atoms with Crippen molar-refractivity contribution in [2.75, 3.05) is 32.0 Å². The molecule has 1 saturated heterocycles. The molecule has 6 nitrogen and oxygen atoms in total. The first-order valence-electron chi connectivity index (χ1n) is 9.69. The number of hydrogen-bond donors (Lipinski definition) is 2. The molecule has 0 saturated carbocycles. The van der Waals surface area contributed by atoms with Gasteiger partial charge in [0, 0.05) is 31.2 Å². The van der Waals surface area contributed by atoms with Gasteiger partial charge < -0.3 is 20.7 Å². The molecule has 0 atom stereocenters. The second kappa shape index (κ2) is 9.78. The van der Waals surface area contributed by atoms with Crippen LogP contribution in [-0.2, 0) is 16.0 Å². The molecule has 2 aromatic carbocycles. The third-order valence-electron chi connectivity index (χ3n) is 5.02. The number of carbonyl (C=O) groups is 2. The number of likely N-dealkylation sites (tertiary alicyclic amines) is 1. The molecule has 0 unspecified atom stereocenters. The van der Waals surface area contributed by atoms with Crippen molar-refractivity contribution < 1.29 is 14.3 Å². The minimum absolute atomic E-state index is 0.0302. The summed E-state index contributed by atoms with van der Waals surface area (Å²) in [6, 6.07) is 17.0. The molecule has 1 heterocycles. The van der Waals surface area contributed by atoms with Crippen LogP contribution in [0.25, 0.3) is 0 Å². The van der Waals surface area contributed by atoms with Crippen LogP contribution in [0.5, 0.6) is 5.75 Å². The summed E-state index contributed by atoms with van der Waals surface area (Å²) in [6.45, 7) is 1.81. The number of amides is 2. The highest BCUT2D eigenvalue weighted by molar-refractivity contribution is 5.80. The summed E-state index contributed by atoms with van der Waals surface area (Å²) in [7, 11) is 0. The number of benzene rings is 2. The summed E-state index contributed by atoms with van der Waals surface area (Å²) in [5, 5.41) is 3.01. The number of para-hydroxylation sites is 1. The molecule has 1 fully saturated rings. The lowest BCUT2D eigenvalue weighted by atomic mass is 9.96. The van der Waals surface area contributed by atoms with Gasteiger partial charge in [-0.3, -0.25) is 9.59 Å². The van der Waals surface area contributed by atoms with Gasteiger partial charge in [-0.25, -0.2) is 0 Å². The summed E-state index contributed by atoms with van der Waals surface area (Å²) in [5.41, 5.74) is 7.56. The summed E-state index contributed by atoms with van der Waals surface area (Å²) in [5.74, 6) is 0.686. The molecule has 0 bridgehead atoms. The molecule has 0 radical (unpaired) electrons. The van der Waals surface area contributed by atoms with Gasteiger partial charge in [0.15, 0.2) is 6.61 Å². The molecule has 3 N–H and O–H groups in total. The summed E-state index contributed by atoms with van der Waals surface area (Å²) in [6.07, 6.45) is 2.15. The lowest BCUT2D eigenvalue weighted by Crippen LogP contribution is -2.44. The van der Waals surface area contributed by atoms with Gasteiger partial charge in [0.1, 0.15) is 5.75 Å². The average molecular weight is 381 g/mol. The third kappa shape index (κ3) is 5.74. The number of nitrogens with one attached hydrogen (secondary N) is 1. The first-order valence-corrected chi connectivity index (χ1v) is 9.69. The van der Waals surface area contributed by atoms with Crippen LogP contribution in [0, 0.1) is 5.92 Å². The Morgan fingerprint density at radius 2 is 1.71 bits per heavy atom. The highest BCUT2D eigenvalue weighted by Gasteiger charge is 2.27. The fourth-order valence-electron chi connectivity index (χ4n) is 3.30. The van der Waals surface area contributed by atoms with E-state index in [1.807, 2.05) is 54.6 Å². The van der Waals surface area contributed by atoms with E-state index in [-0.39, 0.29) is 24.3 Å². The molecule has 1 aliphatic heterocycles. The molecule has 2 amide bonds. The number of carbonyl (C=O) groups excluding carboxylic acids is 2. The minimum Gasteiger partial charge on any atom is -0.484 e. The minimum atomic E-state index is -0.0366. The van der Waals surface area contributed by atoms with Gasteiger partial charge >= 0.3 is 0 Å². The van der Waals surface area contributed by atoms with E-state index in [1.54, 1.807) is 4.90 Å². The highest BCUT2D eigenvalue weighted by Crippen LogP contribution is 2.18. The van der Waals surface area contributed by atoms with Crippen LogP contribution in [0.15, 0.2) is 54.6 Å². The van der Waals surface area contributed by atoms with E-state index in [0.29, 0.717) is 38.2 Å². The molecular weight excluding hydrogens is 354 g/mol. The molecule has 28 heavy (non-hydrogen) atoms. The molecule has 148 valence electrons. The average Bonchev–Trinajstić information content (AvgIpc) is 2.74. The Labute approximate surface area is 165 Å². The summed E-state index contributed by atoms with van der Waals surface area (Å²) >= 11 is 0. The smallest absolute Gasteiger partial charge is 0.260 e. The Bertz CT molecular complexity index is 769. The molecule has 0 spiro atoms. The van der Waals surface area contributed by atoms with Crippen molar-refractivity contribution in [2.24, 2.45) is 5.92 Å². The molecule has 0 aromatic heterocycles. The van der Waals surface area contributed by atoms with E-state index in [1.165, 1.54) is 0 Å². The van der Waals surface area contributed by atoms with Crippen LogP contribution >= 0.6 is 0 Å². The van der Waals surface area contributed by atoms with Gasteiger partial charge in [0.25, 0.3) is 5.91 Å². The summed E-state index contributed by atoms with van der Waals surface area (Å²) in [4.78, 5) is 26.4. The van der Waals surface area contributed by atoms with Gasteiger partial charge in [-0.15, -0.1) is 0 Å². The van der Waals surface area contributed by atoms with E-state index >= 15 is 0 Å². The fraction of sp³-hybridized carbons (Fsp3) is 0.364. The third-order valence-corrected chi connectivity index (χ3v) is 5.02. The lowest BCUT2D eigenvalue weighted by molar-refractivity contribution is -0.137. The Kier molecular flexibility index (Phi) is 6.89. The number of ether oxygens (including phenoxy) is 1. The van der Waals surface area contributed by atoms with Gasteiger partial charge in [0.05, 0.1) is 0 Å². The fourth-order valence-corrected chi connectivity index (χ4v) is 3.30. The SMILES string of the molecule is Nc1ccc(CCNC(=O)C2CCN(C(=O)COc3ccccc3)CC2)cc1. The van der Waals surface area contributed by atoms with E-state index in [9.17, 15) is 9.59 Å². The van der Waals surface area contributed by atoms with E-state index < -0.39 is 0 Å². The zero-order chi connectivity index (χ0) is 19.8. The monoisotopic (exact) mass is 381 g/mol. The van der Waals surface area contributed by atoms with Gasteiger partial charge in [0.2, 0.25) is 5.91 Å². The standard InChI is InChI=1S/C22H27N3O3/c23-19-8-6-17(7-9-19)10-13-24-22(27)18-11-14-25(15-12-18)21(26)16-28-20-4-2-1-3-5-20/h1-9,18H,10-16,23H2,(H,24,27). The number of rotatable bonds is 7. The van der Waals surface area contributed by atoms with Crippen LogP contribution < -0.4 is 15.8 Å². The van der Waals surface area contributed by atoms with Crippen molar-refractivity contribution in [3.8, 4) is 5.75 Å². The quantitative estimate of drug-likeness (QED) is 0.721. The van der Waals surface area contributed by atoms with Crippen molar-refractivity contribution in [3.05, 3.63) is 60.2 Å². The van der Waals surface area contributed by atoms with Gasteiger partial charge in [-0.1, -0.05) is 30.3 Å². The van der Waals surface area contributed by atoms with Crippen LogP contribution in [0.4, 0.5) is 5.69 Å². The largest absolute Gasteiger partial charge is 0.484 e. The van der Waals surface area contributed by atoms with Crippen LogP contribution in [-0.4, -0.2) is 43.0 Å². The Hall–Kier alpha value is -3.02. The Balaban J connectivity index is 1.35. The van der Waals surface area contributed by atoms with Crippen molar-refractivity contribution in [3.63, 3.8) is 0 Å². The lowest BCUT2D eigenvalue weighted by Gasteiger charge is -2.31.